The van der Waals surface area contributed by atoms with Gasteiger partial charge in [-0.15, -0.1) is 0 Å². The van der Waals surface area contributed by atoms with Crippen LogP contribution in [-0.2, 0) is 0 Å². The first-order chi connectivity index (χ1) is 9.70. The first kappa shape index (κ1) is 12.3. The molecule has 1 heterocycles. The molecular weight excluding hydrogens is 259 g/mol. The molecule has 20 heavy (non-hydrogen) atoms. The van der Waals surface area contributed by atoms with Crippen LogP contribution in [-0.4, -0.2) is 9.55 Å². The molecule has 0 aliphatic rings. The number of halogens is 1. The minimum Gasteiger partial charge on any atom is -0.293 e. The van der Waals surface area contributed by atoms with Crippen LogP contribution in [0.4, 0.5) is 10.3 Å². The lowest BCUT2D eigenvalue weighted by molar-refractivity contribution is 0.627. The van der Waals surface area contributed by atoms with Gasteiger partial charge in [-0.1, -0.05) is 12.1 Å². The minimum absolute atomic E-state index is 0.195. The summed E-state index contributed by atoms with van der Waals surface area (Å²) in [5.74, 6) is 5.25. The maximum atomic E-state index is 13.0. The number of hydrogen-bond donors (Lipinski definition) is 2. The fourth-order valence-electron chi connectivity index (χ4n) is 2.06. The van der Waals surface area contributed by atoms with Gasteiger partial charge in [0.1, 0.15) is 5.82 Å². The predicted molar refractivity (Wildman–Crippen MR) is 75.1 cm³/mol. The lowest BCUT2D eigenvalue weighted by Gasteiger charge is -2.12. The molecule has 6 heteroatoms. The molecular formula is C14H11FN4O. The number of nitrogens with zero attached hydrogens (tertiary/aromatic N) is 2. The highest BCUT2D eigenvalue weighted by atomic mass is 19.1. The first-order valence-electron chi connectivity index (χ1n) is 5.95. The van der Waals surface area contributed by atoms with Gasteiger partial charge >= 0.3 is 0 Å². The monoisotopic (exact) mass is 270 g/mol. The number of aromatic nitrogens is 2. The van der Waals surface area contributed by atoms with E-state index >= 15 is 0 Å². The van der Waals surface area contributed by atoms with Crippen molar-refractivity contribution in [3.63, 3.8) is 0 Å². The summed E-state index contributed by atoms with van der Waals surface area (Å²) in [6.07, 6.45) is 0. The number of nitrogen functional groups attached to an aromatic ring is 1. The molecule has 0 unspecified atom stereocenters. The van der Waals surface area contributed by atoms with Crippen LogP contribution in [0.25, 0.3) is 16.6 Å². The van der Waals surface area contributed by atoms with E-state index < -0.39 is 0 Å². The second-order valence-corrected chi connectivity index (χ2v) is 4.21. The van der Waals surface area contributed by atoms with E-state index in [9.17, 15) is 9.18 Å². The number of nitrogens with one attached hydrogen (secondary N) is 1. The number of rotatable bonds is 2. The van der Waals surface area contributed by atoms with Gasteiger partial charge in [0.15, 0.2) is 0 Å². The van der Waals surface area contributed by atoms with Gasteiger partial charge in [0.05, 0.1) is 16.6 Å². The molecule has 0 saturated carbocycles. The van der Waals surface area contributed by atoms with Crippen molar-refractivity contribution in [2.45, 2.75) is 0 Å². The molecule has 5 nitrogen and oxygen atoms in total. The van der Waals surface area contributed by atoms with Crippen molar-refractivity contribution in [2.75, 3.05) is 5.43 Å². The van der Waals surface area contributed by atoms with Crippen molar-refractivity contribution in [2.24, 2.45) is 5.84 Å². The molecule has 3 aromatic rings. The Hall–Kier alpha value is -2.73. The fourth-order valence-corrected chi connectivity index (χ4v) is 2.06. The minimum atomic E-state index is -0.377. The maximum Gasteiger partial charge on any atom is 0.267 e. The average Bonchev–Trinajstić information content (AvgIpc) is 2.48. The number of nitrogens with two attached hydrogens (primary N) is 1. The lowest BCUT2D eigenvalue weighted by Crippen LogP contribution is -2.25. The first-order valence-corrected chi connectivity index (χ1v) is 5.95. The number of hydrogen-bond acceptors (Lipinski definition) is 4. The molecule has 2 aromatic carbocycles. The van der Waals surface area contributed by atoms with Crippen LogP contribution in [0.5, 0.6) is 0 Å². The Bertz CT molecular complexity index is 827. The molecule has 0 fully saturated rings. The van der Waals surface area contributed by atoms with Gasteiger partial charge in [0.2, 0.25) is 5.95 Å². The van der Waals surface area contributed by atoms with Crippen LogP contribution in [0, 0.1) is 5.82 Å². The molecule has 100 valence electrons. The standard InChI is InChI=1S/C14H11FN4O/c15-9-5-7-10(8-6-9)19-13(20)11-3-1-2-4-12(11)17-14(19)18-16/h1-8H,16H2,(H,17,18). The van der Waals surface area contributed by atoms with Crippen LogP contribution in [0.15, 0.2) is 53.3 Å². The molecule has 0 radical (unpaired) electrons. The quantitative estimate of drug-likeness (QED) is 0.550. The van der Waals surface area contributed by atoms with Gasteiger partial charge in [0.25, 0.3) is 5.56 Å². The van der Waals surface area contributed by atoms with Gasteiger partial charge in [-0.05, 0) is 36.4 Å². The highest BCUT2D eigenvalue weighted by Gasteiger charge is 2.11. The Morgan fingerprint density at radius 3 is 2.50 bits per heavy atom. The Morgan fingerprint density at radius 2 is 1.80 bits per heavy atom. The number of fused-ring (bicyclic) bond motifs is 1. The molecule has 3 rings (SSSR count). The number of benzene rings is 2. The van der Waals surface area contributed by atoms with Crippen molar-refractivity contribution >= 4 is 16.9 Å². The molecule has 0 saturated heterocycles. The number of hydrazine groups is 1. The molecule has 1 aromatic heterocycles. The highest BCUT2D eigenvalue weighted by molar-refractivity contribution is 5.79. The zero-order chi connectivity index (χ0) is 14.1. The van der Waals surface area contributed by atoms with Crippen LogP contribution in [0.2, 0.25) is 0 Å². The van der Waals surface area contributed by atoms with E-state index in [-0.39, 0.29) is 17.3 Å². The van der Waals surface area contributed by atoms with E-state index in [1.54, 1.807) is 24.3 Å². The third kappa shape index (κ3) is 1.92. The molecule has 0 aliphatic carbocycles. The molecule has 0 bridgehead atoms. The second kappa shape index (κ2) is 4.75. The van der Waals surface area contributed by atoms with Crippen molar-refractivity contribution in [3.05, 3.63) is 64.7 Å². The Labute approximate surface area is 113 Å². The predicted octanol–water partition coefficient (Wildman–Crippen LogP) is 1.81. The zero-order valence-corrected chi connectivity index (χ0v) is 10.4. The summed E-state index contributed by atoms with van der Waals surface area (Å²) in [4.78, 5) is 16.8. The van der Waals surface area contributed by atoms with E-state index in [0.717, 1.165) is 0 Å². The van der Waals surface area contributed by atoms with E-state index in [4.69, 9.17) is 5.84 Å². The fraction of sp³-hybridized carbons (Fsp3) is 0. The van der Waals surface area contributed by atoms with Crippen LogP contribution in [0.3, 0.4) is 0 Å². The van der Waals surface area contributed by atoms with Gasteiger partial charge in [-0.2, -0.15) is 0 Å². The maximum absolute atomic E-state index is 13.0. The summed E-state index contributed by atoms with van der Waals surface area (Å²) in [6.45, 7) is 0. The van der Waals surface area contributed by atoms with E-state index in [0.29, 0.717) is 16.6 Å². The Morgan fingerprint density at radius 1 is 1.10 bits per heavy atom. The van der Waals surface area contributed by atoms with E-state index in [2.05, 4.69) is 10.4 Å². The molecule has 3 N–H and O–H groups in total. The van der Waals surface area contributed by atoms with Crippen molar-refractivity contribution in [1.29, 1.82) is 0 Å². The summed E-state index contributed by atoms with van der Waals surface area (Å²) >= 11 is 0. The van der Waals surface area contributed by atoms with Gasteiger partial charge in [-0.25, -0.2) is 19.8 Å². The largest absolute Gasteiger partial charge is 0.293 e. The number of para-hydroxylation sites is 1. The second-order valence-electron chi connectivity index (χ2n) is 4.21. The van der Waals surface area contributed by atoms with Crippen LogP contribution >= 0.6 is 0 Å². The summed E-state index contributed by atoms with van der Waals surface area (Å²) in [5.41, 5.74) is 3.17. The topological polar surface area (TPSA) is 72.9 Å². The van der Waals surface area contributed by atoms with Crippen LogP contribution in [0.1, 0.15) is 0 Å². The van der Waals surface area contributed by atoms with Gasteiger partial charge in [-0.3, -0.25) is 10.2 Å². The van der Waals surface area contributed by atoms with Gasteiger partial charge in [0, 0.05) is 0 Å². The highest BCUT2D eigenvalue weighted by Crippen LogP contribution is 2.15. The lowest BCUT2D eigenvalue weighted by atomic mass is 10.2. The summed E-state index contributed by atoms with van der Waals surface area (Å²) in [5, 5.41) is 0.468. The van der Waals surface area contributed by atoms with Crippen molar-refractivity contribution in [1.82, 2.24) is 9.55 Å². The van der Waals surface area contributed by atoms with Crippen molar-refractivity contribution in [3.8, 4) is 5.69 Å². The molecule has 0 atom stereocenters. The van der Waals surface area contributed by atoms with Gasteiger partial charge < -0.3 is 0 Å². The molecule has 0 aliphatic heterocycles. The summed E-state index contributed by atoms with van der Waals surface area (Å²) < 4.78 is 14.3. The van der Waals surface area contributed by atoms with E-state index in [1.807, 2.05) is 0 Å². The third-order valence-corrected chi connectivity index (χ3v) is 2.99. The van der Waals surface area contributed by atoms with Crippen molar-refractivity contribution < 1.29 is 4.39 Å². The average molecular weight is 270 g/mol. The molecule has 0 amide bonds. The zero-order valence-electron chi connectivity index (χ0n) is 10.4. The third-order valence-electron chi connectivity index (χ3n) is 2.99. The molecule has 0 spiro atoms. The smallest absolute Gasteiger partial charge is 0.267 e. The SMILES string of the molecule is NNc1nc2ccccc2c(=O)n1-c1ccc(F)cc1. The van der Waals surface area contributed by atoms with Crippen LogP contribution < -0.4 is 16.8 Å². The van der Waals surface area contributed by atoms with E-state index in [1.165, 1.54) is 28.8 Å². The summed E-state index contributed by atoms with van der Waals surface area (Å²) in [7, 11) is 0. The normalized spacial score (nSPS) is 10.7. The number of anilines is 1. The Balaban J connectivity index is 2.36. The Kier molecular flexibility index (Phi) is 2.92. The summed E-state index contributed by atoms with van der Waals surface area (Å²) in [6, 6.07) is 12.5.